The molecule has 24 heavy (non-hydrogen) atoms. The second-order valence-corrected chi connectivity index (χ2v) is 5.57. The quantitative estimate of drug-likeness (QED) is 0.731. The van der Waals surface area contributed by atoms with Gasteiger partial charge in [0.25, 0.3) is 0 Å². The van der Waals surface area contributed by atoms with Crippen molar-refractivity contribution in [3.8, 4) is 11.5 Å². The normalized spacial score (nSPS) is 18.0. The Balaban J connectivity index is 1.76. The van der Waals surface area contributed by atoms with E-state index in [9.17, 15) is 9.59 Å². The third-order valence-electron chi connectivity index (χ3n) is 4.16. The molecule has 2 heterocycles. The number of rotatable bonds is 4. The maximum atomic E-state index is 11.8. The lowest BCUT2D eigenvalue weighted by Crippen LogP contribution is -2.46. The van der Waals surface area contributed by atoms with E-state index in [-0.39, 0.29) is 12.8 Å². The molecule has 0 unspecified atom stereocenters. The Kier molecular flexibility index (Phi) is 5.17. The van der Waals surface area contributed by atoms with E-state index in [2.05, 4.69) is 15.5 Å². The molecule has 1 atom stereocenters. The summed E-state index contributed by atoms with van der Waals surface area (Å²) in [5.41, 5.74) is 0.998. The molecular weight excluding hydrogens is 314 g/mol. The summed E-state index contributed by atoms with van der Waals surface area (Å²) >= 11 is 0. The van der Waals surface area contributed by atoms with Gasteiger partial charge < -0.3 is 24.8 Å². The number of fused-ring (bicyclic) bond motifs is 1. The number of ether oxygens (including phenoxy) is 3. The van der Waals surface area contributed by atoms with Crippen molar-refractivity contribution in [2.24, 2.45) is 0 Å². The van der Waals surface area contributed by atoms with Gasteiger partial charge in [0.05, 0.1) is 19.3 Å². The summed E-state index contributed by atoms with van der Waals surface area (Å²) < 4.78 is 16.2. The number of likely N-dealkylation sites (N-methyl/N-ethyl adjacent to an activating group) is 1. The molecule has 0 bridgehead atoms. The van der Waals surface area contributed by atoms with E-state index in [0.29, 0.717) is 31.3 Å². The van der Waals surface area contributed by atoms with Crippen molar-refractivity contribution in [3.63, 3.8) is 0 Å². The van der Waals surface area contributed by atoms with E-state index < -0.39 is 11.8 Å². The number of benzene rings is 1. The van der Waals surface area contributed by atoms with Gasteiger partial charge in [-0.15, -0.1) is 0 Å². The van der Waals surface area contributed by atoms with Gasteiger partial charge in [-0.3, -0.25) is 14.5 Å². The van der Waals surface area contributed by atoms with Crippen molar-refractivity contribution in [3.05, 3.63) is 23.8 Å². The van der Waals surface area contributed by atoms with Crippen LogP contribution in [0.25, 0.3) is 0 Å². The zero-order chi connectivity index (χ0) is 16.9. The second kappa shape index (κ2) is 7.50. The molecule has 8 nitrogen and oxygen atoms in total. The number of hydrogen-bond donors (Lipinski definition) is 2. The summed E-state index contributed by atoms with van der Waals surface area (Å²) in [5, 5.41) is 5.01. The van der Waals surface area contributed by atoms with E-state index in [1.165, 1.54) is 7.05 Å². The number of hydrogen-bond acceptors (Lipinski definition) is 6. The van der Waals surface area contributed by atoms with Crippen molar-refractivity contribution < 1.29 is 23.8 Å². The fraction of sp³-hybridized carbons (Fsp3) is 0.500. The summed E-state index contributed by atoms with van der Waals surface area (Å²) in [6.07, 6.45) is 0. The molecule has 2 amide bonds. The van der Waals surface area contributed by atoms with Crippen LogP contribution in [0.4, 0.5) is 0 Å². The fourth-order valence-electron chi connectivity index (χ4n) is 2.85. The molecule has 2 aliphatic rings. The highest BCUT2D eigenvalue weighted by Crippen LogP contribution is 2.35. The SMILES string of the molecule is CNC(=O)C(=O)NC[C@@H](c1ccc2c(c1)OCO2)N1CCOCC1. The van der Waals surface area contributed by atoms with E-state index >= 15 is 0 Å². The van der Waals surface area contributed by atoms with Crippen LogP contribution in [0.15, 0.2) is 18.2 Å². The van der Waals surface area contributed by atoms with E-state index in [4.69, 9.17) is 14.2 Å². The maximum Gasteiger partial charge on any atom is 0.309 e. The number of nitrogens with zero attached hydrogens (tertiary/aromatic N) is 1. The second-order valence-electron chi connectivity index (χ2n) is 5.57. The molecule has 3 rings (SSSR count). The number of carbonyl (C=O) groups is 2. The van der Waals surface area contributed by atoms with Crippen LogP contribution in [0.5, 0.6) is 11.5 Å². The Morgan fingerprint density at radius 1 is 1.17 bits per heavy atom. The minimum atomic E-state index is -0.651. The number of carbonyl (C=O) groups excluding carboxylic acids is 2. The van der Waals surface area contributed by atoms with Crippen molar-refractivity contribution in [1.82, 2.24) is 15.5 Å². The minimum Gasteiger partial charge on any atom is -0.454 e. The molecule has 1 fully saturated rings. The van der Waals surface area contributed by atoms with Crippen molar-refractivity contribution in [2.45, 2.75) is 6.04 Å². The van der Waals surface area contributed by atoms with Crippen molar-refractivity contribution >= 4 is 11.8 Å². The molecule has 0 aromatic heterocycles. The molecule has 130 valence electrons. The smallest absolute Gasteiger partial charge is 0.309 e. The first-order chi connectivity index (χ1) is 11.7. The van der Waals surface area contributed by atoms with Crippen LogP contribution in [0.2, 0.25) is 0 Å². The van der Waals surface area contributed by atoms with Crippen LogP contribution in [-0.2, 0) is 14.3 Å². The molecule has 0 aliphatic carbocycles. The van der Waals surface area contributed by atoms with Gasteiger partial charge in [-0.25, -0.2) is 0 Å². The molecule has 8 heteroatoms. The predicted octanol–water partition coefficient (Wildman–Crippen LogP) is -0.349. The highest BCUT2D eigenvalue weighted by molar-refractivity contribution is 6.35. The molecule has 1 aromatic carbocycles. The fourth-order valence-corrected chi connectivity index (χ4v) is 2.85. The summed E-state index contributed by atoms with van der Waals surface area (Å²) in [6.45, 7) is 3.35. The topological polar surface area (TPSA) is 89.1 Å². The highest BCUT2D eigenvalue weighted by atomic mass is 16.7. The van der Waals surface area contributed by atoms with Crippen LogP contribution < -0.4 is 20.1 Å². The number of amides is 2. The molecule has 2 aliphatic heterocycles. The van der Waals surface area contributed by atoms with Crippen LogP contribution in [-0.4, -0.2) is 63.4 Å². The lowest BCUT2D eigenvalue weighted by atomic mass is 10.0. The van der Waals surface area contributed by atoms with Gasteiger partial charge >= 0.3 is 11.8 Å². The van der Waals surface area contributed by atoms with E-state index in [1.54, 1.807) is 0 Å². The number of morpholine rings is 1. The van der Waals surface area contributed by atoms with Gasteiger partial charge in [0.1, 0.15) is 0 Å². The Morgan fingerprint density at radius 2 is 1.92 bits per heavy atom. The van der Waals surface area contributed by atoms with Crippen LogP contribution in [0, 0.1) is 0 Å². The average Bonchev–Trinajstić information content (AvgIpc) is 3.09. The molecule has 0 saturated carbocycles. The molecule has 1 saturated heterocycles. The Bertz CT molecular complexity index is 616. The molecule has 0 radical (unpaired) electrons. The average molecular weight is 335 g/mol. The van der Waals surface area contributed by atoms with Crippen molar-refractivity contribution in [1.29, 1.82) is 0 Å². The first kappa shape index (κ1) is 16.5. The Hall–Kier alpha value is -2.32. The zero-order valence-electron chi connectivity index (χ0n) is 13.5. The van der Waals surface area contributed by atoms with Gasteiger partial charge in [-0.2, -0.15) is 0 Å². The molecular formula is C16H21N3O5. The summed E-state index contributed by atoms with van der Waals surface area (Å²) in [6, 6.07) is 5.68. The standard InChI is InChI=1S/C16H21N3O5/c1-17-15(20)16(21)18-9-12(19-4-6-22-7-5-19)11-2-3-13-14(8-11)24-10-23-13/h2-3,8,12H,4-7,9-10H2,1H3,(H,17,20)(H,18,21)/t12-/m0/s1. The van der Waals surface area contributed by atoms with Gasteiger partial charge in [0.15, 0.2) is 11.5 Å². The van der Waals surface area contributed by atoms with Crippen LogP contribution in [0.1, 0.15) is 11.6 Å². The molecule has 1 aromatic rings. The first-order valence-corrected chi connectivity index (χ1v) is 7.90. The van der Waals surface area contributed by atoms with Gasteiger partial charge in [0, 0.05) is 26.7 Å². The minimum absolute atomic E-state index is 0.0722. The lowest BCUT2D eigenvalue weighted by molar-refractivity contribution is -0.139. The Labute approximate surface area is 140 Å². The van der Waals surface area contributed by atoms with Gasteiger partial charge in [0.2, 0.25) is 6.79 Å². The van der Waals surface area contributed by atoms with E-state index in [0.717, 1.165) is 18.7 Å². The van der Waals surface area contributed by atoms with Gasteiger partial charge in [-0.05, 0) is 17.7 Å². The van der Waals surface area contributed by atoms with Crippen molar-refractivity contribution in [2.75, 3.05) is 46.7 Å². The van der Waals surface area contributed by atoms with E-state index in [1.807, 2.05) is 18.2 Å². The van der Waals surface area contributed by atoms with Crippen LogP contribution in [0.3, 0.4) is 0 Å². The van der Waals surface area contributed by atoms with Gasteiger partial charge in [-0.1, -0.05) is 6.07 Å². The van der Waals surface area contributed by atoms with Crippen LogP contribution >= 0.6 is 0 Å². The zero-order valence-corrected chi connectivity index (χ0v) is 13.5. The maximum absolute atomic E-state index is 11.8. The summed E-state index contributed by atoms with van der Waals surface area (Å²) in [4.78, 5) is 25.4. The summed E-state index contributed by atoms with van der Waals surface area (Å²) in [7, 11) is 1.43. The third-order valence-corrected chi connectivity index (χ3v) is 4.16. The third kappa shape index (κ3) is 3.60. The lowest BCUT2D eigenvalue weighted by Gasteiger charge is -2.34. The monoisotopic (exact) mass is 335 g/mol. The largest absolute Gasteiger partial charge is 0.454 e. The molecule has 2 N–H and O–H groups in total. The first-order valence-electron chi connectivity index (χ1n) is 7.90. The Morgan fingerprint density at radius 3 is 2.67 bits per heavy atom. The molecule has 0 spiro atoms. The predicted molar refractivity (Wildman–Crippen MR) is 84.8 cm³/mol. The highest BCUT2D eigenvalue weighted by Gasteiger charge is 2.26. The summed E-state index contributed by atoms with van der Waals surface area (Å²) in [5.74, 6) is 0.121. The number of nitrogens with one attached hydrogen (secondary N) is 2.